The van der Waals surface area contributed by atoms with Gasteiger partial charge < -0.3 is 49.4 Å². The van der Waals surface area contributed by atoms with Crippen LogP contribution in [0.3, 0.4) is 0 Å². The van der Waals surface area contributed by atoms with Crippen LogP contribution in [-0.2, 0) is 43.9 Å². The number of nitrogen functional groups attached to an aromatic ring is 2. The number of fused-ring (bicyclic) bond motifs is 7. The second kappa shape index (κ2) is 10.7. The minimum absolute atomic E-state index is 0.0582. The Hall–Kier alpha value is -2.69. The largest absolute Gasteiger partial charge is 0.472 e. The van der Waals surface area contributed by atoms with Gasteiger partial charge in [-0.05, 0) is 23.4 Å². The minimum Gasteiger partial charge on any atom is -0.387 e. The van der Waals surface area contributed by atoms with Crippen LogP contribution in [0.5, 0.6) is 0 Å². The number of phosphoric ester groups is 1. The number of H-pyrrole nitrogens is 1. The first-order valence-corrected chi connectivity index (χ1v) is 17.9. The van der Waals surface area contributed by atoms with Gasteiger partial charge >= 0.3 is 14.5 Å². The van der Waals surface area contributed by atoms with Crippen LogP contribution in [0.2, 0.25) is 5.28 Å². The van der Waals surface area contributed by atoms with Crippen molar-refractivity contribution in [1.82, 2.24) is 39.0 Å². The van der Waals surface area contributed by atoms with Gasteiger partial charge in [-0.1, -0.05) is 0 Å². The van der Waals surface area contributed by atoms with E-state index in [1.807, 2.05) is 0 Å². The molecule has 0 aromatic carbocycles. The van der Waals surface area contributed by atoms with Crippen LogP contribution in [0, 0.1) is 5.92 Å². The Bertz CT molecular complexity index is 2050. The summed E-state index contributed by atoms with van der Waals surface area (Å²) in [5, 5.41) is 11.0. The van der Waals surface area contributed by atoms with Crippen molar-refractivity contribution in [2.24, 2.45) is 5.92 Å². The molecule has 0 radical (unpaired) electrons. The molecule has 246 valence electrons. The third-order valence-corrected chi connectivity index (χ3v) is 10.9. The van der Waals surface area contributed by atoms with Crippen LogP contribution in [0.4, 0.5) is 11.8 Å². The third kappa shape index (κ3) is 5.05. The normalized spacial score (nSPS) is 39.4. The van der Waals surface area contributed by atoms with Crippen LogP contribution in [0.1, 0.15) is 12.3 Å². The minimum atomic E-state index is -4.95. The molecule has 4 aliphatic rings. The number of aromatic nitrogens is 8. The number of nitrogens with zero attached hydrogens (tertiary/aromatic N) is 7. The Balaban J connectivity index is 1.08. The van der Waals surface area contributed by atoms with E-state index in [9.17, 15) is 24.3 Å². The topological polar surface area (TPSA) is 292 Å². The Kier molecular flexibility index (Phi) is 7.10. The second-order valence-electron chi connectivity index (χ2n) is 10.9. The van der Waals surface area contributed by atoms with Crippen molar-refractivity contribution in [3.05, 3.63) is 28.3 Å². The second-order valence-corrected chi connectivity index (χ2v) is 15.4. The number of hydrogen-bond donors (Lipinski definition) is 6. The molecule has 4 fully saturated rings. The number of nitrogens with two attached hydrogens (primary N) is 2. The number of aromatic amines is 1. The van der Waals surface area contributed by atoms with Crippen LogP contribution in [0.25, 0.3) is 22.3 Å². The van der Waals surface area contributed by atoms with Crippen molar-refractivity contribution >= 4 is 72.0 Å². The molecule has 8 rings (SSSR count). The highest BCUT2D eigenvalue weighted by Crippen LogP contribution is 2.62. The SMILES string of the molecule is Nc1nc2c(ncn2[C@@H]2O[C@@H]3COP(O)(=S)OC4C5C(O[C@@H]4COP(=O)(O)OC2C3O)[C@H]5n2cnc3c(N)nc(Cl)nc32)c(=O)[nH]1. The maximum absolute atomic E-state index is 13.2. The van der Waals surface area contributed by atoms with Gasteiger partial charge in [0.1, 0.15) is 36.0 Å². The molecule has 7 unspecified atom stereocenters. The summed E-state index contributed by atoms with van der Waals surface area (Å²) in [6.07, 6.45) is -5.76. The van der Waals surface area contributed by atoms with Gasteiger partial charge in [0.25, 0.3) is 5.56 Å². The van der Waals surface area contributed by atoms with Crippen LogP contribution in [-0.4, -0.2) is 104 Å². The lowest BCUT2D eigenvalue weighted by atomic mass is 10.1. The van der Waals surface area contributed by atoms with Crippen LogP contribution < -0.4 is 17.0 Å². The van der Waals surface area contributed by atoms with Crippen molar-refractivity contribution < 1.29 is 47.0 Å². The summed E-state index contributed by atoms with van der Waals surface area (Å²) in [5.74, 6) is -0.608. The highest BCUT2D eigenvalue weighted by atomic mass is 35.5. The number of imidazole rings is 2. The monoisotopic (exact) mass is 720 g/mol. The van der Waals surface area contributed by atoms with E-state index in [1.54, 1.807) is 4.57 Å². The number of aliphatic hydroxyl groups is 1. The zero-order chi connectivity index (χ0) is 32.3. The number of halogens is 1. The van der Waals surface area contributed by atoms with E-state index >= 15 is 0 Å². The van der Waals surface area contributed by atoms with E-state index < -0.39 is 88.1 Å². The maximum Gasteiger partial charge on any atom is 0.472 e. The Morgan fingerprint density at radius 1 is 0.957 bits per heavy atom. The summed E-state index contributed by atoms with van der Waals surface area (Å²) in [5.41, 5.74) is 11.5. The van der Waals surface area contributed by atoms with Gasteiger partial charge in [0.15, 0.2) is 28.9 Å². The number of ether oxygens (including phenoxy) is 2. The number of phosphoric acid groups is 1. The zero-order valence-electron chi connectivity index (χ0n) is 22.8. The molecule has 4 aromatic rings. The first-order chi connectivity index (χ1) is 21.8. The summed E-state index contributed by atoms with van der Waals surface area (Å²) < 4.78 is 50.4. The summed E-state index contributed by atoms with van der Waals surface area (Å²) in [7, 11) is -4.95. The molecule has 3 aliphatic heterocycles. The van der Waals surface area contributed by atoms with Gasteiger partial charge in [-0.25, -0.2) is 14.5 Å². The molecule has 0 spiro atoms. The highest BCUT2D eigenvalue weighted by molar-refractivity contribution is 8.07. The van der Waals surface area contributed by atoms with Crippen molar-refractivity contribution in [2.45, 2.75) is 48.9 Å². The molecular formula is C21H23ClN10O11P2S. The molecule has 3 saturated heterocycles. The van der Waals surface area contributed by atoms with Gasteiger partial charge in [0, 0.05) is 5.92 Å². The van der Waals surface area contributed by atoms with E-state index in [-0.39, 0.29) is 28.2 Å². The van der Waals surface area contributed by atoms with E-state index in [0.717, 1.165) is 6.33 Å². The summed E-state index contributed by atoms with van der Waals surface area (Å²) in [4.78, 5) is 56.9. The quantitative estimate of drug-likeness (QED) is 0.108. The molecule has 21 nitrogen and oxygen atoms in total. The average molecular weight is 721 g/mol. The molecule has 4 aromatic heterocycles. The van der Waals surface area contributed by atoms with Gasteiger partial charge in [0.05, 0.1) is 38.0 Å². The lowest BCUT2D eigenvalue weighted by Crippen LogP contribution is -2.35. The van der Waals surface area contributed by atoms with E-state index in [1.165, 1.54) is 10.9 Å². The lowest BCUT2D eigenvalue weighted by Gasteiger charge is -2.28. The number of aliphatic hydroxyl groups excluding tert-OH is 1. The first-order valence-electron chi connectivity index (χ1n) is 13.5. The fraction of sp³-hybridized carbons (Fsp3) is 0.524. The molecule has 8 N–H and O–H groups in total. The molecule has 1 aliphatic carbocycles. The van der Waals surface area contributed by atoms with Crippen LogP contribution >= 0.6 is 26.1 Å². The Morgan fingerprint density at radius 2 is 1.67 bits per heavy atom. The van der Waals surface area contributed by atoms with Gasteiger partial charge in [-0.15, -0.1) is 0 Å². The Labute approximate surface area is 265 Å². The molecule has 2 bridgehead atoms. The molecule has 11 atom stereocenters. The molecule has 0 amide bonds. The summed E-state index contributed by atoms with van der Waals surface area (Å²) in [6.45, 7) is -5.14. The fourth-order valence-electron chi connectivity index (χ4n) is 6.14. The van der Waals surface area contributed by atoms with E-state index in [2.05, 4.69) is 29.9 Å². The molecule has 25 heteroatoms. The summed E-state index contributed by atoms with van der Waals surface area (Å²) >= 11 is 11.3. The van der Waals surface area contributed by atoms with Crippen molar-refractivity contribution in [3.63, 3.8) is 0 Å². The van der Waals surface area contributed by atoms with E-state index in [4.69, 9.17) is 62.4 Å². The van der Waals surface area contributed by atoms with Crippen LogP contribution in [0.15, 0.2) is 17.4 Å². The van der Waals surface area contributed by atoms with Gasteiger partial charge in [-0.3, -0.25) is 23.4 Å². The van der Waals surface area contributed by atoms with E-state index in [0.29, 0.717) is 11.2 Å². The van der Waals surface area contributed by atoms with Gasteiger partial charge in [0.2, 0.25) is 11.2 Å². The number of hydrogen-bond acceptors (Lipinski definition) is 17. The highest BCUT2D eigenvalue weighted by Gasteiger charge is 2.67. The molecular weight excluding hydrogens is 698 g/mol. The molecule has 1 saturated carbocycles. The predicted molar refractivity (Wildman–Crippen MR) is 156 cm³/mol. The lowest BCUT2D eigenvalue weighted by molar-refractivity contribution is -0.0638. The number of rotatable bonds is 2. The molecule has 7 heterocycles. The summed E-state index contributed by atoms with van der Waals surface area (Å²) in [6, 6.07) is -0.415. The maximum atomic E-state index is 13.2. The van der Waals surface area contributed by atoms with Gasteiger partial charge in [-0.2, -0.15) is 15.0 Å². The average Bonchev–Trinajstić information content (AvgIpc) is 3.36. The standard InChI is InChI=1S/C21H23ClN10O11P2S/c22-20-27-15(23)8-16(28-20)31(3-25-8)10-7-12-6(40-13(7)10)2-38-44(35,36)42-14-11(33)5(1-39-45(37,46)43-12)41-19(14)32-4-26-9-17(32)29-21(24)30-18(9)34/h3-7,10-14,19,33H,1-2H2,(H,35,36)(H,37,46)(H2,23,27,28)(H3,24,29,30,34)/t5-,6-,7?,10+,11?,12?,13?,14?,19-,45?/m1/s1. The van der Waals surface area contributed by atoms with Crippen molar-refractivity contribution in [2.75, 3.05) is 24.7 Å². The predicted octanol–water partition coefficient (Wildman–Crippen LogP) is -0.892. The number of anilines is 2. The Morgan fingerprint density at radius 3 is 2.48 bits per heavy atom. The smallest absolute Gasteiger partial charge is 0.387 e. The zero-order valence-corrected chi connectivity index (χ0v) is 26.2. The third-order valence-electron chi connectivity index (χ3n) is 8.14. The number of nitrogens with one attached hydrogen (secondary N) is 1. The van der Waals surface area contributed by atoms with Crippen molar-refractivity contribution in [1.29, 1.82) is 0 Å². The molecule has 46 heavy (non-hydrogen) atoms. The fourth-order valence-corrected chi connectivity index (χ4v) is 8.70. The first kappa shape index (κ1) is 30.6. The van der Waals surface area contributed by atoms with Crippen molar-refractivity contribution in [3.8, 4) is 0 Å².